The van der Waals surface area contributed by atoms with Crippen molar-refractivity contribution in [1.82, 2.24) is 14.9 Å². The molecule has 0 radical (unpaired) electrons. The molecule has 1 saturated carbocycles. The van der Waals surface area contributed by atoms with E-state index in [9.17, 15) is 4.79 Å². The Morgan fingerprint density at radius 3 is 2.62 bits per heavy atom. The predicted molar refractivity (Wildman–Crippen MR) is 102 cm³/mol. The molecule has 0 amide bonds. The second-order valence-electron chi connectivity index (χ2n) is 6.81. The van der Waals surface area contributed by atoms with Crippen molar-refractivity contribution in [2.45, 2.75) is 48.6 Å². The van der Waals surface area contributed by atoms with Crippen LogP contribution in [0.15, 0.2) is 39.9 Å². The van der Waals surface area contributed by atoms with Crippen LogP contribution in [0.5, 0.6) is 0 Å². The first kappa shape index (κ1) is 16.3. The highest BCUT2D eigenvalue weighted by molar-refractivity contribution is 8.07. The van der Waals surface area contributed by atoms with Gasteiger partial charge in [-0.3, -0.25) is 5.01 Å². The molecular weight excluding hydrogens is 368 g/mol. The van der Waals surface area contributed by atoms with Gasteiger partial charge in [-0.1, -0.05) is 43.2 Å². The Labute approximate surface area is 159 Å². The molecule has 1 aromatic heterocycles. The van der Waals surface area contributed by atoms with Crippen molar-refractivity contribution in [2.24, 2.45) is 0 Å². The number of hydrogen-bond donors (Lipinski definition) is 1. The van der Waals surface area contributed by atoms with Crippen LogP contribution in [0.1, 0.15) is 65.1 Å². The molecule has 0 unspecified atom stereocenters. The van der Waals surface area contributed by atoms with E-state index in [1.54, 1.807) is 35.7 Å². The Hall–Kier alpha value is -1.93. The number of thioether (sulfide) groups is 2. The van der Waals surface area contributed by atoms with Crippen LogP contribution in [0.4, 0.5) is 0 Å². The molecule has 1 aliphatic carbocycles. The summed E-state index contributed by atoms with van der Waals surface area (Å²) in [6.45, 7) is 0. The zero-order valence-corrected chi connectivity index (χ0v) is 15.7. The number of nitrogens with zero attached hydrogens (tertiary/aromatic N) is 4. The fourth-order valence-electron chi connectivity index (χ4n) is 3.89. The van der Waals surface area contributed by atoms with Crippen LogP contribution < -0.4 is 5.01 Å². The van der Waals surface area contributed by atoms with Crippen LogP contribution in [0.3, 0.4) is 0 Å². The average molecular weight is 387 g/mol. The summed E-state index contributed by atoms with van der Waals surface area (Å²) in [4.78, 5) is 11.1. The van der Waals surface area contributed by atoms with Crippen molar-refractivity contribution in [2.75, 3.05) is 5.01 Å². The van der Waals surface area contributed by atoms with E-state index in [0.29, 0.717) is 11.5 Å². The lowest BCUT2D eigenvalue weighted by Gasteiger charge is -2.28. The minimum Gasteiger partial charge on any atom is -0.478 e. The summed E-state index contributed by atoms with van der Waals surface area (Å²) in [5.74, 6) is 0.655. The summed E-state index contributed by atoms with van der Waals surface area (Å²) >= 11 is 3.40. The lowest BCUT2D eigenvalue weighted by molar-refractivity contribution is 0.0697. The molecule has 6 nitrogen and oxygen atoms in total. The van der Waals surface area contributed by atoms with Gasteiger partial charge in [0, 0.05) is 11.3 Å². The summed E-state index contributed by atoms with van der Waals surface area (Å²) in [5, 5.41) is 24.7. The number of rotatable bonds is 3. The van der Waals surface area contributed by atoms with Gasteiger partial charge in [0.25, 0.3) is 0 Å². The van der Waals surface area contributed by atoms with Crippen molar-refractivity contribution in [3.05, 3.63) is 51.7 Å². The Morgan fingerprint density at radius 2 is 1.88 bits per heavy atom. The van der Waals surface area contributed by atoms with Crippen LogP contribution in [0.25, 0.3) is 0 Å². The Morgan fingerprint density at radius 1 is 1.12 bits per heavy atom. The lowest BCUT2D eigenvalue weighted by atomic mass is 9.89. The van der Waals surface area contributed by atoms with Gasteiger partial charge in [-0.05, 0) is 42.3 Å². The van der Waals surface area contributed by atoms with Gasteiger partial charge in [-0.25, -0.2) is 9.47 Å². The molecule has 26 heavy (non-hydrogen) atoms. The zero-order valence-electron chi connectivity index (χ0n) is 14.0. The van der Waals surface area contributed by atoms with Crippen molar-refractivity contribution >= 4 is 29.5 Å². The molecule has 1 aromatic carbocycles. The number of carboxylic acid groups (broad SMARTS) is 1. The minimum absolute atomic E-state index is 0.0833. The number of carboxylic acids is 1. The third-order valence-corrected chi connectivity index (χ3v) is 7.40. The third-order valence-electron chi connectivity index (χ3n) is 5.21. The number of hydrogen-bond acceptors (Lipinski definition) is 6. The second kappa shape index (κ2) is 6.35. The van der Waals surface area contributed by atoms with Gasteiger partial charge in [-0.15, -0.1) is 10.2 Å². The van der Waals surface area contributed by atoms with Gasteiger partial charge < -0.3 is 5.11 Å². The smallest absolute Gasteiger partial charge is 0.335 e. The van der Waals surface area contributed by atoms with Crippen LogP contribution in [0, 0.1) is 0 Å². The van der Waals surface area contributed by atoms with Crippen molar-refractivity contribution in [3.63, 3.8) is 0 Å². The summed E-state index contributed by atoms with van der Waals surface area (Å²) in [6, 6.07) is 7.17. The van der Waals surface area contributed by atoms with E-state index in [1.807, 2.05) is 12.1 Å². The Balaban J connectivity index is 1.49. The number of fused-ring (bicyclic) bond motifs is 3. The van der Waals surface area contributed by atoms with Crippen LogP contribution >= 0.6 is 23.5 Å². The summed E-state index contributed by atoms with van der Waals surface area (Å²) in [7, 11) is 0. The van der Waals surface area contributed by atoms with Crippen LogP contribution in [0.2, 0.25) is 0 Å². The molecule has 0 spiro atoms. The van der Waals surface area contributed by atoms with E-state index in [-0.39, 0.29) is 5.37 Å². The number of aromatic nitrogens is 3. The maximum atomic E-state index is 11.1. The van der Waals surface area contributed by atoms with Gasteiger partial charge >= 0.3 is 5.97 Å². The first-order chi connectivity index (χ1) is 12.7. The number of benzene rings is 1. The highest BCUT2D eigenvalue weighted by Gasteiger charge is 2.41. The zero-order chi connectivity index (χ0) is 17.7. The molecule has 8 heteroatoms. The van der Waals surface area contributed by atoms with E-state index in [1.165, 1.54) is 37.1 Å². The molecule has 134 valence electrons. The quantitative estimate of drug-likeness (QED) is 0.842. The van der Waals surface area contributed by atoms with Crippen LogP contribution in [-0.4, -0.2) is 25.9 Å². The molecule has 1 atom stereocenters. The summed E-state index contributed by atoms with van der Waals surface area (Å²) in [5.41, 5.74) is 1.40. The van der Waals surface area contributed by atoms with Crippen molar-refractivity contribution < 1.29 is 9.90 Å². The third kappa shape index (κ3) is 2.54. The van der Waals surface area contributed by atoms with E-state index in [0.717, 1.165) is 16.5 Å². The van der Waals surface area contributed by atoms with Crippen molar-refractivity contribution in [1.29, 1.82) is 0 Å². The SMILES string of the molecule is O=C(O)c1ccc([C@H]2SC=C3Sc4nnc(C5CCCCC5)n4N32)cc1. The monoisotopic (exact) mass is 386 g/mol. The lowest BCUT2D eigenvalue weighted by Crippen LogP contribution is -2.31. The maximum absolute atomic E-state index is 11.1. The van der Waals surface area contributed by atoms with Gasteiger partial charge in [-0.2, -0.15) is 0 Å². The summed E-state index contributed by atoms with van der Waals surface area (Å²) < 4.78 is 2.20. The minimum atomic E-state index is -0.896. The Bertz CT molecular complexity index is 887. The maximum Gasteiger partial charge on any atom is 0.335 e. The first-order valence-corrected chi connectivity index (χ1v) is 10.6. The standard InChI is InChI=1S/C18H18N4O2S2/c23-17(24)13-8-6-12(7-9-13)16-21-14(10-25-16)26-18-20-19-15(22(18)21)11-4-2-1-3-5-11/h6-11,16H,1-5H2,(H,23,24)/t16-/m1/s1. The molecule has 3 heterocycles. The van der Waals surface area contributed by atoms with Crippen LogP contribution in [-0.2, 0) is 0 Å². The fraction of sp³-hybridized carbons (Fsp3) is 0.389. The molecule has 1 fully saturated rings. The molecule has 3 aliphatic rings. The van der Waals surface area contributed by atoms with E-state index < -0.39 is 5.97 Å². The highest BCUT2D eigenvalue weighted by atomic mass is 32.2. The van der Waals surface area contributed by atoms with Gasteiger partial charge in [0.05, 0.1) is 5.56 Å². The topological polar surface area (TPSA) is 71.2 Å². The van der Waals surface area contributed by atoms with Gasteiger partial charge in [0.1, 0.15) is 10.4 Å². The summed E-state index contributed by atoms with van der Waals surface area (Å²) in [6.07, 6.45) is 6.20. The first-order valence-electron chi connectivity index (χ1n) is 8.84. The van der Waals surface area contributed by atoms with Gasteiger partial charge in [0.2, 0.25) is 5.16 Å². The number of carbonyl (C=O) groups is 1. The van der Waals surface area contributed by atoms with E-state index in [2.05, 4.69) is 25.3 Å². The second-order valence-corrected chi connectivity index (χ2v) is 8.75. The highest BCUT2D eigenvalue weighted by Crippen LogP contribution is 2.52. The average Bonchev–Trinajstić information content (AvgIpc) is 3.33. The van der Waals surface area contributed by atoms with Crippen molar-refractivity contribution in [3.8, 4) is 0 Å². The molecular formula is C18H18N4O2S2. The number of aromatic carboxylic acids is 1. The Kier molecular flexibility index (Phi) is 3.97. The van der Waals surface area contributed by atoms with Gasteiger partial charge in [0.15, 0.2) is 5.82 Å². The fourth-order valence-corrected chi connectivity index (χ4v) is 6.12. The molecule has 2 aromatic rings. The van der Waals surface area contributed by atoms with E-state index in [4.69, 9.17) is 5.11 Å². The molecule has 0 saturated heterocycles. The molecule has 1 N–H and O–H groups in total. The molecule has 5 rings (SSSR count). The predicted octanol–water partition coefficient (Wildman–Crippen LogP) is 4.31. The van der Waals surface area contributed by atoms with E-state index >= 15 is 0 Å². The normalized spacial score (nSPS) is 22.2. The molecule has 0 bridgehead atoms. The largest absolute Gasteiger partial charge is 0.478 e. The molecule has 2 aliphatic heterocycles.